The fourth-order valence-electron chi connectivity index (χ4n) is 3.14. The van der Waals surface area contributed by atoms with Crippen LogP contribution in [0, 0.1) is 0 Å². The van der Waals surface area contributed by atoms with Crippen LogP contribution >= 0.6 is 0 Å². The van der Waals surface area contributed by atoms with E-state index in [0.717, 1.165) is 44.6 Å². The van der Waals surface area contributed by atoms with Crippen molar-refractivity contribution in [2.45, 2.75) is 57.5 Å². The molecule has 0 saturated carbocycles. The molecule has 0 spiro atoms. The Morgan fingerprint density at radius 3 is 2.50 bits per heavy atom. The zero-order valence-electron chi connectivity index (χ0n) is 18.5. The molecular formula is C21H35N5O3S. The largest absolute Gasteiger partial charge is 0.357 e. The van der Waals surface area contributed by atoms with E-state index >= 15 is 0 Å². The van der Waals surface area contributed by atoms with Crippen molar-refractivity contribution in [3.8, 4) is 0 Å². The van der Waals surface area contributed by atoms with Crippen LogP contribution in [-0.2, 0) is 21.4 Å². The fraction of sp³-hybridized carbons (Fsp3) is 0.619. The normalized spacial score (nSPS) is 15.3. The molecule has 1 aromatic rings. The maximum absolute atomic E-state index is 12.6. The van der Waals surface area contributed by atoms with Crippen LogP contribution in [0.1, 0.15) is 45.6 Å². The summed E-state index contributed by atoms with van der Waals surface area (Å²) in [5.41, 5.74) is 0.931. The van der Waals surface area contributed by atoms with Gasteiger partial charge in [0.25, 0.3) is 0 Å². The van der Waals surface area contributed by atoms with Gasteiger partial charge in [-0.15, -0.1) is 0 Å². The first-order chi connectivity index (χ1) is 14.3. The second kappa shape index (κ2) is 11.3. The number of nitrogens with zero attached hydrogens (tertiary/aromatic N) is 3. The van der Waals surface area contributed by atoms with E-state index in [4.69, 9.17) is 0 Å². The molecule has 0 radical (unpaired) electrons. The van der Waals surface area contributed by atoms with Crippen LogP contribution in [0.25, 0.3) is 0 Å². The maximum atomic E-state index is 12.6. The molecule has 30 heavy (non-hydrogen) atoms. The Hall–Kier alpha value is -2.13. The molecule has 1 fully saturated rings. The summed E-state index contributed by atoms with van der Waals surface area (Å²) in [5.74, 6) is 0.960. The maximum Gasteiger partial charge on any atom is 0.243 e. The monoisotopic (exact) mass is 437 g/mol. The highest BCUT2D eigenvalue weighted by Crippen LogP contribution is 2.17. The third-order valence-corrected chi connectivity index (χ3v) is 7.21. The van der Waals surface area contributed by atoms with Gasteiger partial charge in [0.15, 0.2) is 5.96 Å². The quantitative estimate of drug-likeness (QED) is 0.331. The fourth-order valence-corrected chi connectivity index (χ4v) is 4.51. The van der Waals surface area contributed by atoms with Gasteiger partial charge >= 0.3 is 0 Å². The molecule has 9 heteroatoms. The number of likely N-dealkylation sites (tertiary alicyclic amines) is 1. The number of carbonyl (C=O) groups excluding carboxylic acids is 1. The average Bonchev–Trinajstić information content (AvgIpc) is 3.13. The lowest BCUT2D eigenvalue weighted by molar-refractivity contribution is -0.127. The van der Waals surface area contributed by atoms with Crippen molar-refractivity contribution in [2.75, 3.05) is 33.2 Å². The van der Waals surface area contributed by atoms with Crippen molar-refractivity contribution in [1.29, 1.82) is 0 Å². The van der Waals surface area contributed by atoms with Crippen molar-refractivity contribution < 1.29 is 13.2 Å². The molecule has 0 bridgehead atoms. The second-order valence-electron chi connectivity index (χ2n) is 7.72. The summed E-state index contributed by atoms with van der Waals surface area (Å²) >= 11 is 0. The molecular weight excluding hydrogens is 402 g/mol. The lowest BCUT2D eigenvalue weighted by Gasteiger charge is -2.21. The average molecular weight is 438 g/mol. The molecule has 0 unspecified atom stereocenters. The van der Waals surface area contributed by atoms with Crippen LogP contribution in [0.15, 0.2) is 34.2 Å². The number of hydrogen-bond acceptors (Lipinski definition) is 4. The first kappa shape index (κ1) is 24.1. The van der Waals surface area contributed by atoms with Crippen LogP contribution in [0.5, 0.6) is 0 Å². The molecule has 1 saturated heterocycles. The number of nitrogens with one attached hydrogen (secondary N) is 2. The SMILES string of the molecule is CCNC(=NCc1ccc(S(=O)(=O)N(C)C(C)C)cc1)NCCCN1CCCC1=O. The summed E-state index contributed by atoms with van der Waals surface area (Å²) in [4.78, 5) is 18.4. The van der Waals surface area contributed by atoms with Gasteiger partial charge in [-0.2, -0.15) is 4.31 Å². The Morgan fingerprint density at radius 2 is 1.93 bits per heavy atom. The molecule has 1 aromatic carbocycles. The number of benzene rings is 1. The van der Waals surface area contributed by atoms with E-state index in [9.17, 15) is 13.2 Å². The van der Waals surface area contributed by atoms with Crippen LogP contribution in [-0.4, -0.2) is 68.8 Å². The number of aliphatic imine (C=N–C) groups is 1. The predicted octanol–water partition coefficient (Wildman–Crippen LogP) is 1.78. The first-order valence-electron chi connectivity index (χ1n) is 10.6. The third kappa shape index (κ3) is 6.70. The first-order valence-corrected chi connectivity index (χ1v) is 12.1. The van der Waals surface area contributed by atoms with Crippen LogP contribution in [0.3, 0.4) is 0 Å². The molecule has 1 amide bonds. The zero-order valence-corrected chi connectivity index (χ0v) is 19.3. The highest BCUT2D eigenvalue weighted by atomic mass is 32.2. The Morgan fingerprint density at radius 1 is 1.23 bits per heavy atom. The van der Waals surface area contributed by atoms with Gasteiger partial charge < -0.3 is 15.5 Å². The van der Waals surface area contributed by atoms with E-state index in [2.05, 4.69) is 15.6 Å². The van der Waals surface area contributed by atoms with Gasteiger partial charge in [-0.25, -0.2) is 13.4 Å². The standard InChI is InChI=1S/C21H35N5O3S/c1-5-22-21(23-13-7-15-26-14-6-8-20(26)27)24-16-18-9-11-19(12-10-18)30(28,29)25(4)17(2)3/h9-12,17H,5-8,13-16H2,1-4H3,(H2,22,23,24). The molecule has 1 aliphatic heterocycles. The molecule has 168 valence electrons. The van der Waals surface area contributed by atoms with Crippen molar-refractivity contribution in [3.05, 3.63) is 29.8 Å². The van der Waals surface area contributed by atoms with Crippen molar-refractivity contribution in [1.82, 2.24) is 19.8 Å². The van der Waals surface area contributed by atoms with Crippen molar-refractivity contribution in [3.63, 3.8) is 0 Å². The Balaban J connectivity index is 1.89. The molecule has 0 aliphatic carbocycles. The summed E-state index contributed by atoms with van der Waals surface area (Å²) in [6.07, 6.45) is 2.50. The lowest BCUT2D eigenvalue weighted by atomic mass is 10.2. The summed E-state index contributed by atoms with van der Waals surface area (Å²) in [5, 5.41) is 6.50. The van der Waals surface area contributed by atoms with Gasteiger partial charge in [-0.1, -0.05) is 12.1 Å². The molecule has 8 nitrogen and oxygen atoms in total. The lowest BCUT2D eigenvalue weighted by Crippen LogP contribution is -2.39. The number of amides is 1. The van der Waals surface area contributed by atoms with Crippen LogP contribution in [0.4, 0.5) is 0 Å². The van der Waals surface area contributed by atoms with Crippen LogP contribution < -0.4 is 10.6 Å². The topological polar surface area (TPSA) is 94.1 Å². The predicted molar refractivity (Wildman–Crippen MR) is 120 cm³/mol. The number of rotatable bonds is 10. The highest BCUT2D eigenvalue weighted by molar-refractivity contribution is 7.89. The summed E-state index contributed by atoms with van der Waals surface area (Å²) in [6, 6.07) is 6.76. The number of sulfonamides is 1. The number of guanidine groups is 1. The third-order valence-electron chi connectivity index (χ3n) is 5.16. The van der Waals surface area contributed by atoms with Gasteiger partial charge in [-0.05, 0) is 51.3 Å². The van der Waals surface area contributed by atoms with E-state index in [1.54, 1.807) is 31.3 Å². The van der Waals surface area contributed by atoms with Gasteiger partial charge in [0.2, 0.25) is 15.9 Å². The van der Waals surface area contributed by atoms with E-state index in [1.807, 2.05) is 25.7 Å². The molecule has 0 aromatic heterocycles. The van der Waals surface area contributed by atoms with Crippen LogP contribution in [0.2, 0.25) is 0 Å². The van der Waals surface area contributed by atoms with Gasteiger partial charge in [0.05, 0.1) is 11.4 Å². The molecule has 2 rings (SSSR count). The minimum atomic E-state index is -3.48. The van der Waals surface area contributed by atoms with E-state index in [1.165, 1.54) is 4.31 Å². The smallest absolute Gasteiger partial charge is 0.243 e. The van der Waals surface area contributed by atoms with Gasteiger partial charge in [-0.3, -0.25) is 4.79 Å². The van der Waals surface area contributed by atoms with E-state index in [-0.39, 0.29) is 16.8 Å². The van der Waals surface area contributed by atoms with Gasteiger partial charge in [0.1, 0.15) is 0 Å². The minimum absolute atomic E-state index is 0.100. The Labute approximate surface area is 180 Å². The van der Waals surface area contributed by atoms with E-state index in [0.29, 0.717) is 18.9 Å². The summed E-state index contributed by atoms with van der Waals surface area (Å²) < 4.78 is 26.5. The second-order valence-corrected chi connectivity index (χ2v) is 9.72. The molecule has 1 heterocycles. The number of carbonyl (C=O) groups is 1. The molecule has 2 N–H and O–H groups in total. The van der Waals surface area contributed by atoms with Crippen molar-refractivity contribution >= 4 is 21.9 Å². The minimum Gasteiger partial charge on any atom is -0.357 e. The summed E-state index contributed by atoms with van der Waals surface area (Å²) in [7, 11) is -1.89. The van der Waals surface area contributed by atoms with Gasteiger partial charge in [0, 0.05) is 45.7 Å². The highest BCUT2D eigenvalue weighted by Gasteiger charge is 2.22. The Kier molecular flexibility index (Phi) is 9.10. The summed E-state index contributed by atoms with van der Waals surface area (Å²) in [6.45, 7) is 9.25. The number of hydrogen-bond donors (Lipinski definition) is 2. The Bertz CT molecular complexity index is 822. The molecule has 1 aliphatic rings. The molecule has 0 atom stereocenters. The van der Waals surface area contributed by atoms with E-state index < -0.39 is 10.0 Å². The van der Waals surface area contributed by atoms with Crippen molar-refractivity contribution in [2.24, 2.45) is 4.99 Å². The zero-order chi connectivity index (χ0) is 22.1.